The molecule has 0 atom stereocenters. The summed E-state index contributed by atoms with van der Waals surface area (Å²) in [5.74, 6) is -0.0573. The van der Waals surface area contributed by atoms with Crippen molar-refractivity contribution in [2.75, 3.05) is 11.5 Å². The molecule has 3 rings (SSSR count). The van der Waals surface area contributed by atoms with Gasteiger partial charge in [0, 0.05) is 5.02 Å². The van der Waals surface area contributed by atoms with Crippen molar-refractivity contribution in [1.82, 2.24) is 5.32 Å². The Kier molecular flexibility index (Phi) is 7.59. The van der Waals surface area contributed by atoms with Gasteiger partial charge in [0.2, 0.25) is 0 Å². The highest BCUT2D eigenvalue weighted by Crippen LogP contribution is 2.38. The number of thiocarbonyl (C=S) groups is 1. The molecule has 1 fully saturated rings. The molecule has 0 aromatic heterocycles. The average Bonchev–Trinajstić information content (AvgIpc) is 2.71. The summed E-state index contributed by atoms with van der Waals surface area (Å²) in [5.41, 5.74) is 1.71. The molecule has 0 aliphatic carbocycles. The first-order chi connectivity index (χ1) is 15.1. The van der Waals surface area contributed by atoms with E-state index in [9.17, 15) is 9.59 Å². The maximum Gasteiger partial charge on any atom is 0.270 e. The molecule has 0 saturated carbocycles. The van der Waals surface area contributed by atoms with Crippen molar-refractivity contribution in [3.63, 3.8) is 0 Å². The summed E-state index contributed by atoms with van der Waals surface area (Å²) in [6.07, 6.45) is 1.44. The predicted octanol–water partition coefficient (Wildman–Crippen LogP) is 5.43. The number of nitrogens with one attached hydrogen (secondary N) is 1. The molecule has 1 saturated heterocycles. The summed E-state index contributed by atoms with van der Waals surface area (Å²) in [5, 5.41) is 3.08. The van der Waals surface area contributed by atoms with Crippen LogP contribution in [0, 0.1) is 6.92 Å². The molecule has 168 valence electrons. The van der Waals surface area contributed by atoms with Crippen molar-refractivity contribution in [3.05, 3.63) is 56.5 Å². The van der Waals surface area contributed by atoms with E-state index in [1.165, 1.54) is 11.0 Å². The highest BCUT2D eigenvalue weighted by atomic mass is 79.9. The molecule has 6 nitrogen and oxygen atoms in total. The van der Waals surface area contributed by atoms with Gasteiger partial charge in [0.05, 0.1) is 22.9 Å². The van der Waals surface area contributed by atoms with E-state index in [-0.39, 0.29) is 16.8 Å². The molecular formula is C23H22BrClN2O4S. The number of nitrogens with zero attached hydrogens (tertiary/aromatic N) is 1. The van der Waals surface area contributed by atoms with Crippen molar-refractivity contribution in [2.24, 2.45) is 0 Å². The minimum Gasteiger partial charge on any atom is -0.490 e. The lowest BCUT2D eigenvalue weighted by molar-refractivity contribution is -0.122. The standard InChI is InChI=1S/C23H22BrClN2O4S/c1-5-30-19-11-14(10-16(24)20(19)31-12(2)3)9-15-21(28)26-23(32)27(22(15)29)18-8-6-7-17(25)13(18)4/h6-12H,5H2,1-4H3,(H,26,28,32)/b15-9+. The van der Waals surface area contributed by atoms with Crippen LogP contribution in [0.1, 0.15) is 31.9 Å². The molecule has 1 aliphatic heterocycles. The highest BCUT2D eigenvalue weighted by Gasteiger charge is 2.35. The third kappa shape index (κ3) is 4.98. The number of rotatable bonds is 6. The van der Waals surface area contributed by atoms with E-state index in [1.807, 2.05) is 20.8 Å². The first-order valence-corrected chi connectivity index (χ1v) is 11.5. The van der Waals surface area contributed by atoms with E-state index in [0.717, 1.165) is 0 Å². The van der Waals surface area contributed by atoms with Crippen LogP contribution in [0.15, 0.2) is 40.4 Å². The molecular weight excluding hydrogens is 516 g/mol. The van der Waals surface area contributed by atoms with Crippen molar-refractivity contribution >= 4 is 68.4 Å². The lowest BCUT2D eigenvalue weighted by atomic mass is 10.1. The van der Waals surface area contributed by atoms with Gasteiger partial charge < -0.3 is 9.47 Å². The molecule has 2 aromatic carbocycles. The van der Waals surface area contributed by atoms with Crippen LogP contribution in [0.2, 0.25) is 5.02 Å². The zero-order valence-corrected chi connectivity index (χ0v) is 21.2. The van der Waals surface area contributed by atoms with Gasteiger partial charge in [-0.1, -0.05) is 17.7 Å². The van der Waals surface area contributed by atoms with E-state index in [1.54, 1.807) is 37.3 Å². The van der Waals surface area contributed by atoms with E-state index in [4.69, 9.17) is 33.3 Å². The second-order valence-electron chi connectivity index (χ2n) is 7.27. The summed E-state index contributed by atoms with van der Waals surface area (Å²) in [6.45, 7) is 7.90. The second kappa shape index (κ2) is 10.0. The Morgan fingerprint density at radius 2 is 2.00 bits per heavy atom. The number of amides is 2. The van der Waals surface area contributed by atoms with Gasteiger partial charge in [0.1, 0.15) is 5.57 Å². The van der Waals surface area contributed by atoms with Crippen molar-refractivity contribution in [3.8, 4) is 11.5 Å². The van der Waals surface area contributed by atoms with Gasteiger partial charge in [0.25, 0.3) is 11.8 Å². The van der Waals surface area contributed by atoms with E-state index in [2.05, 4.69) is 21.2 Å². The van der Waals surface area contributed by atoms with Crippen molar-refractivity contribution in [2.45, 2.75) is 33.8 Å². The second-order valence-corrected chi connectivity index (χ2v) is 8.92. The minimum absolute atomic E-state index is 0.000570. The largest absolute Gasteiger partial charge is 0.490 e. The Balaban J connectivity index is 2.07. The molecule has 9 heteroatoms. The molecule has 0 unspecified atom stereocenters. The number of carbonyl (C=O) groups is 2. The number of benzene rings is 2. The fourth-order valence-corrected chi connectivity index (χ4v) is 4.16. The van der Waals surface area contributed by atoms with Crippen molar-refractivity contribution < 1.29 is 19.1 Å². The van der Waals surface area contributed by atoms with Gasteiger partial charge in [-0.25, -0.2) is 0 Å². The zero-order valence-electron chi connectivity index (χ0n) is 18.0. The molecule has 1 heterocycles. The van der Waals surface area contributed by atoms with Gasteiger partial charge in [-0.2, -0.15) is 0 Å². The average molecular weight is 538 g/mol. The monoisotopic (exact) mass is 536 g/mol. The summed E-state index contributed by atoms with van der Waals surface area (Å²) in [6, 6.07) is 8.65. The Bertz CT molecular complexity index is 1130. The Morgan fingerprint density at radius 3 is 2.66 bits per heavy atom. The maximum atomic E-state index is 13.3. The molecule has 32 heavy (non-hydrogen) atoms. The van der Waals surface area contributed by atoms with Crippen LogP contribution in [-0.4, -0.2) is 29.6 Å². The van der Waals surface area contributed by atoms with Gasteiger partial charge in [-0.15, -0.1) is 0 Å². The number of anilines is 1. The normalized spacial score (nSPS) is 15.4. The molecule has 0 spiro atoms. The van der Waals surface area contributed by atoms with Crippen LogP contribution in [0.4, 0.5) is 5.69 Å². The summed E-state index contributed by atoms with van der Waals surface area (Å²) in [4.78, 5) is 27.2. The van der Waals surface area contributed by atoms with Gasteiger partial charge in [-0.3, -0.25) is 19.8 Å². The maximum absolute atomic E-state index is 13.3. The van der Waals surface area contributed by atoms with E-state index >= 15 is 0 Å². The van der Waals surface area contributed by atoms with Crippen LogP contribution in [0.5, 0.6) is 11.5 Å². The topological polar surface area (TPSA) is 67.9 Å². The van der Waals surface area contributed by atoms with Crippen LogP contribution in [0.3, 0.4) is 0 Å². The molecule has 1 aliphatic rings. The lowest BCUT2D eigenvalue weighted by Gasteiger charge is -2.30. The molecule has 2 aromatic rings. The summed E-state index contributed by atoms with van der Waals surface area (Å²) >= 11 is 15.0. The van der Waals surface area contributed by atoms with E-state index < -0.39 is 11.8 Å². The quantitative estimate of drug-likeness (QED) is 0.302. The molecule has 2 amide bonds. The third-order valence-electron chi connectivity index (χ3n) is 4.58. The van der Waals surface area contributed by atoms with Crippen LogP contribution in [-0.2, 0) is 9.59 Å². The number of halogens is 2. The smallest absolute Gasteiger partial charge is 0.270 e. The van der Waals surface area contributed by atoms with Crippen LogP contribution in [0.25, 0.3) is 6.08 Å². The highest BCUT2D eigenvalue weighted by molar-refractivity contribution is 9.10. The minimum atomic E-state index is -0.576. The summed E-state index contributed by atoms with van der Waals surface area (Å²) < 4.78 is 12.2. The van der Waals surface area contributed by atoms with Gasteiger partial charge >= 0.3 is 0 Å². The Hall–Kier alpha value is -2.42. The van der Waals surface area contributed by atoms with Crippen LogP contribution < -0.4 is 19.7 Å². The van der Waals surface area contributed by atoms with Gasteiger partial charge in [-0.05, 0) is 97.3 Å². The van der Waals surface area contributed by atoms with Crippen LogP contribution >= 0.6 is 39.7 Å². The zero-order chi connectivity index (χ0) is 23.6. The molecule has 1 N–H and O–H groups in total. The first-order valence-electron chi connectivity index (χ1n) is 9.93. The number of ether oxygens (including phenoxy) is 2. The van der Waals surface area contributed by atoms with E-state index in [0.29, 0.717) is 44.4 Å². The van der Waals surface area contributed by atoms with Crippen molar-refractivity contribution in [1.29, 1.82) is 0 Å². The predicted molar refractivity (Wildman–Crippen MR) is 133 cm³/mol. The fourth-order valence-electron chi connectivity index (χ4n) is 3.17. The molecule has 0 bridgehead atoms. The number of carbonyl (C=O) groups excluding carboxylic acids is 2. The first kappa shape index (κ1) is 24.2. The number of hydrogen-bond donors (Lipinski definition) is 1. The lowest BCUT2D eigenvalue weighted by Crippen LogP contribution is -2.54. The SMILES string of the molecule is CCOc1cc(/C=C2\C(=O)NC(=S)N(c3cccc(Cl)c3C)C2=O)cc(Br)c1OC(C)C. The number of hydrogen-bond acceptors (Lipinski definition) is 5. The fraction of sp³-hybridized carbons (Fsp3) is 0.261. The Labute approximate surface area is 205 Å². The summed E-state index contributed by atoms with van der Waals surface area (Å²) in [7, 11) is 0. The Morgan fingerprint density at radius 1 is 1.28 bits per heavy atom. The van der Waals surface area contributed by atoms with Gasteiger partial charge in [0.15, 0.2) is 16.6 Å². The third-order valence-corrected chi connectivity index (χ3v) is 5.86. The molecule has 0 radical (unpaired) electrons.